The summed E-state index contributed by atoms with van der Waals surface area (Å²) in [4.78, 5) is 60.6. The summed E-state index contributed by atoms with van der Waals surface area (Å²) in [6.07, 6.45) is 18.3. The quantitative estimate of drug-likeness (QED) is 0.161. The highest BCUT2D eigenvalue weighted by molar-refractivity contribution is 6.01. The maximum atomic E-state index is 13.1. The third-order valence-electron chi connectivity index (χ3n) is 14.5. The Morgan fingerprint density at radius 3 is 2.22 bits per heavy atom. The van der Waals surface area contributed by atoms with E-state index in [9.17, 15) is 14.4 Å². The van der Waals surface area contributed by atoms with Gasteiger partial charge in [-0.25, -0.2) is 9.97 Å². The van der Waals surface area contributed by atoms with Crippen molar-refractivity contribution in [2.45, 2.75) is 101 Å². The first-order chi connectivity index (χ1) is 29.3. The van der Waals surface area contributed by atoms with Gasteiger partial charge in [-0.1, -0.05) is 37.1 Å². The number of aromatic nitrogens is 4. The van der Waals surface area contributed by atoms with Gasteiger partial charge in [-0.15, -0.1) is 0 Å². The lowest BCUT2D eigenvalue weighted by atomic mass is 9.74. The number of imide groups is 1. The minimum absolute atomic E-state index is 0.00788. The highest BCUT2D eigenvalue weighted by Gasteiger charge is 2.34. The fourth-order valence-electron chi connectivity index (χ4n) is 10.9. The van der Waals surface area contributed by atoms with E-state index in [4.69, 9.17) is 9.97 Å². The summed E-state index contributed by atoms with van der Waals surface area (Å²) in [6.45, 7) is 7.72. The van der Waals surface area contributed by atoms with E-state index < -0.39 is 0 Å². The Bertz CT molecular complexity index is 2120. The van der Waals surface area contributed by atoms with E-state index in [1.54, 1.807) is 19.0 Å². The number of fused-ring (bicyclic) bond motifs is 1. The van der Waals surface area contributed by atoms with Crippen molar-refractivity contribution in [2.24, 2.45) is 11.8 Å². The topological polar surface area (TPSA) is 132 Å². The van der Waals surface area contributed by atoms with Gasteiger partial charge in [0.15, 0.2) is 0 Å². The summed E-state index contributed by atoms with van der Waals surface area (Å²) in [5.74, 6) is 2.39. The minimum Gasteiger partial charge on any atom is -0.368 e. The van der Waals surface area contributed by atoms with Gasteiger partial charge in [-0.2, -0.15) is 4.98 Å². The number of carbonyl (C=O) groups is 3. The normalized spacial score (nSPS) is 23.9. The Morgan fingerprint density at radius 2 is 1.53 bits per heavy atom. The molecule has 2 saturated carbocycles. The van der Waals surface area contributed by atoms with Crippen LogP contribution in [0.4, 0.5) is 17.5 Å². The first-order valence-corrected chi connectivity index (χ1v) is 22.7. The molecule has 5 fully saturated rings. The smallest absolute Gasteiger partial charge is 0.270 e. The van der Waals surface area contributed by atoms with Crippen molar-refractivity contribution in [1.29, 1.82) is 0 Å². The molecule has 60 heavy (non-hydrogen) atoms. The molecule has 9 rings (SSSR count). The van der Waals surface area contributed by atoms with Crippen molar-refractivity contribution in [3.8, 4) is 0 Å². The van der Waals surface area contributed by atoms with E-state index in [0.717, 1.165) is 86.1 Å². The second kappa shape index (κ2) is 18.0. The molecule has 1 aromatic carbocycles. The predicted octanol–water partition coefficient (Wildman–Crippen LogP) is 6.54. The van der Waals surface area contributed by atoms with Gasteiger partial charge in [0.25, 0.3) is 5.91 Å². The molecule has 3 aromatic heterocycles. The van der Waals surface area contributed by atoms with Gasteiger partial charge in [0, 0.05) is 76.9 Å². The third kappa shape index (κ3) is 8.93. The summed E-state index contributed by atoms with van der Waals surface area (Å²) in [5, 5.41) is 6.68. The zero-order valence-corrected chi connectivity index (χ0v) is 35.5. The highest BCUT2D eigenvalue weighted by Crippen LogP contribution is 2.38. The van der Waals surface area contributed by atoms with E-state index in [2.05, 4.69) is 65.2 Å². The lowest BCUT2D eigenvalue weighted by Crippen LogP contribution is -2.51. The van der Waals surface area contributed by atoms with E-state index in [0.29, 0.717) is 36.3 Å². The average molecular weight is 815 g/mol. The van der Waals surface area contributed by atoms with Crippen LogP contribution in [0.1, 0.15) is 111 Å². The molecule has 0 bridgehead atoms. The van der Waals surface area contributed by atoms with Gasteiger partial charge >= 0.3 is 0 Å². The Balaban J connectivity index is 0.701. The first kappa shape index (κ1) is 40.5. The number of benzene rings is 1. The van der Waals surface area contributed by atoms with Gasteiger partial charge in [0.1, 0.15) is 17.2 Å². The molecule has 3 amide bonds. The molecule has 318 valence electrons. The number of rotatable bonds is 11. The molecule has 5 aliphatic rings. The van der Waals surface area contributed by atoms with Crippen LogP contribution >= 0.6 is 0 Å². The number of nitrogens with zero attached hydrogens (tertiary/aromatic N) is 8. The first-order valence-electron chi connectivity index (χ1n) is 22.7. The van der Waals surface area contributed by atoms with E-state index in [1.807, 2.05) is 24.5 Å². The second-order valence-corrected chi connectivity index (χ2v) is 18.3. The van der Waals surface area contributed by atoms with Gasteiger partial charge in [-0.05, 0) is 118 Å². The maximum absolute atomic E-state index is 13.1. The standard InChI is InChI=1S/C47H62N10O3/c1-53(2)46(60)41-29-36-30-49-47(52-44(36)57(41)38-5-3-4-6-38)50-42-17-15-39(31-48-42)56-27-25-55(26-28-56)37-13-11-33(12-14-37)34-20-23-54(24-21-34)22-19-32-7-9-35(10-8-32)40-16-18-43(58)51-45(40)59/h7-10,15,17,29-31,33-34,37-38,40H,3-6,11-14,16,18-28H2,1-2H3,(H,51,58,59)(H,48,49,50,52). The average Bonchev–Trinajstić information content (AvgIpc) is 3.95. The molecule has 2 aliphatic carbocycles. The Kier molecular flexibility index (Phi) is 12.2. The van der Waals surface area contributed by atoms with Crippen LogP contribution in [0.15, 0.2) is 54.9 Å². The minimum atomic E-state index is -0.211. The van der Waals surface area contributed by atoms with Crippen LogP contribution < -0.4 is 15.5 Å². The molecule has 1 atom stereocenters. The lowest BCUT2D eigenvalue weighted by Gasteiger charge is -2.44. The van der Waals surface area contributed by atoms with Crippen LogP contribution in [0.2, 0.25) is 0 Å². The Labute approximate surface area is 354 Å². The van der Waals surface area contributed by atoms with Crippen LogP contribution in [0.25, 0.3) is 11.0 Å². The van der Waals surface area contributed by atoms with E-state index in [1.165, 1.54) is 70.0 Å². The van der Waals surface area contributed by atoms with Crippen LogP contribution in [-0.4, -0.2) is 118 Å². The van der Waals surface area contributed by atoms with Crippen molar-refractivity contribution >= 4 is 46.2 Å². The van der Waals surface area contributed by atoms with Crippen molar-refractivity contribution in [3.05, 3.63) is 71.7 Å². The number of likely N-dealkylation sites (tertiary alicyclic amines) is 1. The number of amides is 3. The number of nitrogens with one attached hydrogen (secondary N) is 2. The molecule has 13 heteroatoms. The summed E-state index contributed by atoms with van der Waals surface area (Å²) in [5.41, 5.74) is 4.96. The molecule has 3 saturated heterocycles. The number of carbonyl (C=O) groups excluding carboxylic acids is 3. The fraction of sp³-hybridized carbons (Fsp3) is 0.574. The lowest BCUT2D eigenvalue weighted by molar-refractivity contribution is -0.134. The van der Waals surface area contributed by atoms with Gasteiger partial charge in [-0.3, -0.25) is 24.6 Å². The van der Waals surface area contributed by atoms with E-state index >= 15 is 0 Å². The third-order valence-corrected chi connectivity index (χ3v) is 14.5. The van der Waals surface area contributed by atoms with E-state index in [-0.39, 0.29) is 29.7 Å². The van der Waals surface area contributed by atoms with Gasteiger partial charge in [0.05, 0.1) is 17.8 Å². The number of piperazine rings is 1. The Hall–Kier alpha value is -4.88. The molecule has 6 heterocycles. The molecule has 2 N–H and O–H groups in total. The molecule has 13 nitrogen and oxygen atoms in total. The molecule has 1 unspecified atom stereocenters. The number of anilines is 3. The van der Waals surface area contributed by atoms with Gasteiger partial charge in [0.2, 0.25) is 17.8 Å². The molecular formula is C47H62N10O3. The highest BCUT2D eigenvalue weighted by atomic mass is 16.2. The van der Waals surface area contributed by atoms with Crippen LogP contribution in [0, 0.1) is 11.8 Å². The van der Waals surface area contributed by atoms with Gasteiger partial charge < -0.3 is 24.6 Å². The maximum Gasteiger partial charge on any atom is 0.270 e. The Morgan fingerprint density at radius 1 is 0.800 bits per heavy atom. The molecule has 0 radical (unpaired) electrons. The van der Waals surface area contributed by atoms with Crippen molar-refractivity contribution in [1.82, 2.24) is 39.5 Å². The second-order valence-electron chi connectivity index (χ2n) is 18.3. The SMILES string of the molecule is CN(C)C(=O)c1cc2cnc(Nc3ccc(N4CCN(C5CCC(C6CCN(CCc7ccc(C8CCC(=O)NC8=O)cc7)CC6)CC5)CC4)cn3)nc2n1C1CCCC1. The van der Waals surface area contributed by atoms with Crippen molar-refractivity contribution in [3.63, 3.8) is 0 Å². The number of pyridine rings is 1. The number of hydrogen-bond donors (Lipinski definition) is 2. The fourth-order valence-corrected chi connectivity index (χ4v) is 10.9. The summed E-state index contributed by atoms with van der Waals surface area (Å²) in [6, 6.07) is 15.6. The van der Waals surface area contributed by atoms with Crippen molar-refractivity contribution in [2.75, 3.05) is 70.1 Å². The predicted molar refractivity (Wildman–Crippen MR) is 235 cm³/mol. The zero-order valence-electron chi connectivity index (χ0n) is 35.5. The molecular weight excluding hydrogens is 753 g/mol. The van der Waals surface area contributed by atoms with Crippen LogP contribution in [-0.2, 0) is 16.0 Å². The summed E-state index contributed by atoms with van der Waals surface area (Å²) < 4.78 is 2.14. The molecule has 4 aromatic rings. The zero-order chi connectivity index (χ0) is 41.2. The van der Waals surface area contributed by atoms with Crippen molar-refractivity contribution < 1.29 is 14.4 Å². The van der Waals surface area contributed by atoms with Crippen LogP contribution in [0.5, 0.6) is 0 Å². The summed E-state index contributed by atoms with van der Waals surface area (Å²) in [7, 11) is 3.59. The molecule has 3 aliphatic heterocycles. The number of hydrogen-bond acceptors (Lipinski definition) is 10. The largest absolute Gasteiger partial charge is 0.368 e. The number of piperidine rings is 2. The molecule has 0 spiro atoms. The summed E-state index contributed by atoms with van der Waals surface area (Å²) >= 11 is 0. The monoisotopic (exact) mass is 815 g/mol. The van der Waals surface area contributed by atoms with Crippen LogP contribution in [0.3, 0.4) is 0 Å².